The molecule has 0 radical (unpaired) electrons. The highest BCUT2D eigenvalue weighted by Crippen LogP contribution is 2.38. The summed E-state index contributed by atoms with van der Waals surface area (Å²) in [5.74, 6) is 2.03. The summed E-state index contributed by atoms with van der Waals surface area (Å²) >= 11 is 0. The Kier molecular flexibility index (Phi) is 6.92. The van der Waals surface area contributed by atoms with Gasteiger partial charge < -0.3 is 18.9 Å². The second-order valence-electron chi connectivity index (χ2n) is 5.70. The fourth-order valence-electron chi connectivity index (χ4n) is 2.62. The van der Waals surface area contributed by atoms with Crippen molar-refractivity contribution in [2.45, 2.75) is 18.4 Å². The maximum atomic E-state index is 12.8. The number of hydrogen-bond acceptors (Lipinski definition) is 6. The molecule has 2 rings (SSSR count). The van der Waals surface area contributed by atoms with Crippen LogP contribution in [0.1, 0.15) is 12.5 Å². The van der Waals surface area contributed by atoms with Gasteiger partial charge in [0.05, 0.1) is 32.8 Å². The van der Waals surface area contributed by atoms with Crippen molar-refractivity contribution in [3.8, 4) is 23.0 Å². The Morgan fingerprint density at radius 3 is 1.93 bits per heavy atom. The summed E-state index contributed by atoms with van der Waals surface area (Å²) in [6.45, 7) is 2.54. The van der Waals surface area contributed by atoms with Crippen LogP contribution in [0.15, 0.2) is 41.3 Å². The van der Waals surface area contributed by atoms with Crippen molar-refractivity contribution >= 4 is 10.0 Å². The molecule has 0 heterocycles. The van der Waals surface area contributed by atoms with Crippen LogP contribution >= 0.6 is 0 Å². The van der Waals surface area contributed by atoms with Gasteiger partial charge in [0.1, 0.15) is 5.75 Å². The molecular formula is C19H25NO6S. The van der Waals surface area contributed by atoms with Gasteiger partial charge >= 0.3 is 0 Å². The Balaban J connectivity index is 2.28. The van der Waals surface area contributed by atoms with E-state index in [1.54, 1.807) is 24.3 Å². The van der Waals surface area contributed by atoms with Gasteiger partial charge in [0.25, 0.3) is 0 Å². The first-order chi connectivity index (χ1) is 12.9. The zero-order valence-corrected chi connectivity index (χ0v) is 17.0. The second-order valence-corrected chi connectivity index (χ2v) is 7.74. The van der Waals surface area contributed by atoms with E-state index in [0.29, 0.717) is 35.2 Å². The topological polar surface area (TPSA) is 74.3 Å². The molecule has 0 aliphatic heterocycles. The number of rotatable bonds is 9. The zero-order valence-electron chi connectivity index (χ0n) is 16.2. The Labute approximate surface area is 160 Å². The lowest BCUT2D eigenvalue weighted by molar-refractivity contribution is 0.323. The fourth-order valence-corrected chi connectivity index (χ4v) is 3.78. The quantitative estimate of drug-likeness (QED) is 0.650. The van der Waals surface area contributed by atoms with Crippen molar-refractivity contribution in [2.24, 2.45) is 0 Å². The maximum absolute atomic E-state index is 12.8. The Bertz CT molecular complexity index is 839. The van der Waals surface area contributed by atoms with Crippen LogP contribution in [0, 0.1) is 0 Å². The van der Waals surface area contributed by atoms with E-state index in [2.05, 4.69) is 0 Å². The highest BCUT2D eigenvalue weighted by Gasteiger charge is 2.22. The summed E-state index contributed by atoms with van der Waals surface area (Å²) in [7, 11) is 2.41. The van der Waals surface area contributed by atoms with Crippen LogP contribution < -0.4 is 18.9 Å². The normalized spacial score (nSPS) is 11.3. The average molecular weight is 395 g/mol. The van der Waals surface area contributed by atoms with Gasteiger partial charge in [-0.1, -0.05) is 0 Å². The third-order valence-corrected chi connectivity index (χ3v) is 5.79. The molecule has 0 N–H and O–H groups in total. The number of methoxy groups -OCH3 is 3. The molecule has 0 bridgehead atoms. The van der Waals surface area contributed by atoms with E-state index in [9.17, 15) is 8.42 Å². The third kappa shape index (κ3) is 4.64. The number of sulfonamides is 1. The number of hydrogen-bond donors (Lipinski definition) is 0. The highest BCUT2D eigenvalue weighted by atomic mass is 32.2. The van der Waals surface area contributed by atoms with Crippen LogP contribution in [-0.2, 0) is 16.6 Å². The van der Waals surface area contributed by atoms with Crippen molar-refractivity contribution in [3.05, 3.63) is 42.0 Å². The van der Waals surface area contributed by atoms with E-state index in [-0.39, 0.29) is 11.4 Å². The average Bonchev–Trinajstić information content (AvgIpc) is 2.67. The smallest absolute Gasteiger partial charge is 0.243 e. The molecule has 148 valence electrons. The highest BCUT2D eigenvalue weighted by molar-refractivity contribution is 7.89. The lowest BCUT2D eigenvalue weighted by Crippen LogP contribution is -2.26. The number of nitrogens with zero attached hydrogens (tertiary/aromatic N) is 1. The molecule has 0 amide bonds. The zero-order chi connectivity index (χ0) is 20.0. The van der Waals surface area contributed by atoms with Crippen LogP contribution in [0.5, 0.6) is 23.0 Å². The lowest BCUT2D eigenvalue weighted by Gasteiger charge is -2.19. The Morgan fingerprint density at radius 2 is 1.48 bits per heavy atom. The third-order valence-electron chi connectivity index (χ3n) is 3.97. The van der Waals surface area contributed by atoms with E-state index < -0.39 is 10.0 Å². The minimum absolute atomic E-state index is 0.145. The molecule has 0 saturated carbocycles. The first kappa shape index (κ1) is 20.9. The van der Waals surface area contributed by atoms with Gasteiger partial charge in [-0.15, -0.1) is 0 Å². The number of ether oxygens (including phenoxy) is 4. The predicted molar refractivity (Wildman–Crippen MR) is 102 cm³/mol. The van der Waals surface area contributed by atoms with Crippen molar-refractivity contribution in [2.75, 3.05) is 35.0 Å². The van der Waals surface area contributed by atoms with Crippen LogP contribution in [0.2, 0.25) is 0 Å². The van der Waals surface area contributed by atoms with E-state index in [1.165, 1.54) is 44.8 Å². The first-order valence-corrected chi connectivity index (χ1v) is 9.79. The SMILES string of the molecule is CCOc1ccc(S(=O)(=O)N(C)Cc2cc(OC)c(OC)c(OC)c2)cc1. The van der Waals surface area contributed by atoms with Gasteiger partial charge in [-0.05, 0) is 48.9 Å². The summed E-state index contributed by atoms with van der Waals surface area (Å²) in [6, 6.07) is 9.81. The summed E-state index contributed by atoms with van der Waals surface area (Å²) < 4.78 is 48.2. The first-order valence-electron chi connectivity index (χ1n) is 8.35. The molecule has 0 spiro atoms. The predicted octanol–water partition coefficient (Wildman–Crippen LogP) is 2.93. The van der Waals surface area contributed by atoms with Crippen molar-refractivity contribution in [3.63, 3.8) is 0 Å². The summed E-state index contributed by atoms with van der Waals surface area (Å²) in [4.78, 5) is 0.195. The van der Waals surface area contributed by atoms with Gasteiger partial charge in [-0.2, -0.15) is 4.31 Å². The van der Waals surface area contributed by atoms with Crippen LogP contribution in [0.25, 0.3) is 0 Å². The van der Waals surface area contributed by atoms with Crippen molar-refractivity contribution in [1.29, 1.82) is 0 Å². The molecule has 8 heteroatoms. The molecule has 27 heavy (non-hydrogen) atoms. The van der Waals surface area contributed by atoms with E-state index in [1.807, 2.05) is 6.92 Å². The van der Waals surface area contributed by atoms with Gasteiger partial charge in [0.15, 0.2) is 11.5 Å². The minimum atomic E-state index is -3.66. The second kappa shape index (κ2) is 8.96. The molecule has 0 saturated heterocycles. The van der Waals surface area contributed by atoms with E-state index >= 15 is 0 Å². The molecule has 0 aromatic heterocycles. The fraction of sp³-hybridized carbons (Fsp3) is 0.368. The van der Waals surface area contributed by atoms with E-state index in [4.69, 9.17) is 18.9 Å². The van der Waals surface area contributed by atoms with Gasteiger partial charge in [0, 0.05) is 13.6 Å². The van der Waals surface area contributed by atoms with Crippen LogP contribution in [0.3, 0.4) is 0 Å². The Hall–Kier alpha value is -2.45. The Morgan fingerprint density at radius 1 is 0.926 bits per heavy atom. The standard InChI is InChI=1S/C19H25NO6S/c1-6-26-15-7-9-16(10-8-15)27(21,22)20(2)13-14-11-17(23-3)19(25-5)18(12-14)24-4/h7-12H,6,13H2,1-5H3. The molecule has 2 aromatic carbocycles. The minimum Gasteiger partial charge on any atom is -0.494 e. The summed E-state index contributed by atoms with van der Waals surface area (Å²) in [5.41, 5.74) is 0.710. The van der Waals surface area contributed by atoms with Crippen molar-refractivity contribution in [1.82, 2.24) is 4.31 Å². The van der Waals surface area contributed by atoms with Crippen LogP contribution in [0.4, 0.5) is 0 Å². The molecule has 7 nitrogen and oxygen atoms in total. The largest absolute Gasteiger partial charge is 0.494 e. The van der Waals surface area contributed by atoms with Gasteiger partial charge in [0.2, 0.25) is 15.8 Å². The molecule has 0 aliphatic rings. The molecule has 2 aromatic rings. The van der Waals surface area contributed by atoms with Gasteiger partial charge in [-0.3, -0.25) is 0 Å². The molecule has 0 atom stereocenters. The van der Waals surface area contributed by atoms with E-state index in [0.717, 1.165) is 0 Å². The lowest BCUT2D eigenvalue weighted by atomic mass is 10.2. The summed E-state index contributed by atoms with van der Waals surface area (Å²) in [6.07, 6.45) is 0. The number of benzene rings is 2. The molecule has 0 aliphatic carbocycles. The molecular weight excluding hydrogens is 370 g/mol. The van der Waals surface area contributed by atoms with Crippen LogP contribution in [-0.4, -0.2) is 47.7 Å². The summed E-state index contributed by atoms with van der Waals surface area (Å²) in [5, 5.41) is 0. The molecule has 0 fully saturated rings. The molecule has 0 unspecified atom stereocenters. The maximum Gasteiger partial charge on any atom is 0.243 e. The van der Waals surface area contributed by atoms with Crippen molar-refractivity contribution < 1.29 is 27.4 Å². The van der Waals surface area contributed by atoms with Gasteiger partial charge in [-0.25, -0.2) is 8.42 Å². The monoisotopic (exact) mass is 395 g/mol.